The lowest BCUT2D eigenvalue weighted by Gasteiger charge is -2.37. The van der Waals surface area contributed by atoms with Gasteiger partial charge in [0.05, 0.1) is 12.6 Å². The highest BCUT2D eigenvalue weighted by Gasteiger charge is 2.26. The molecule has 9 heteroatoms. The molecule has 27 heavy (non-hydrogen) atoms. The number of imidazole rings is 1. The highest BCUT2D eigenvalue weighted by molar-refractivity contribution is 9.10. The molecule has 1 fully saturated rings. The van der Waals surface area contributed by atoms with E-state index in [-0.39, 0.29) is 11.9 Å². The number of nitrogens with one attached hydrogen (secondary N) is 1. The summed E-state index contributed by atoms with van der Waals surface area (Å²) in [6.45, 7) is 2.47. The van der Waals surface area contributed by atoms with Crippen molar-refractivity contribution in [1.29, 1.82) is 0 Å². The Balaban J connectivity index is 1.50. The lowest BCUT2D eigenvalue weighted by Crippen LogP contribution is -2.52. The minimum atomic E-state index is -2.58. The fourth-order valence-electron chi connectivity index (χ4n) is 3.13. The molecule has 0 saturated carbocycles. The van der Waals surface area contributed by atoms with E-state index in [4.69, 9.17) is 0 Å². The normalized spacial score (nSPS) is 17.2. The second-order valence-corrected chi connectivity index (χ2v) is 7.43. The standard InChI is InChI=1S/C18H22BrF2N5O/c1-13(17(27)23-15-4-2-3-14(19)11-15)25-9-7-24(8-10-25)12-16-22-5-6-26(16)18(20)21/h2-6,11,13,18H,7-10,12H2,1H3,(H,23,27). The summed E-state index contributed by atoms with van der Waals surface area (Å²) in [4.78, 5) is 20.7. The van der Waals surface area contributed by atoms with Crippen molar-refractivity contribution in [3.05, 3.63) is 47.0 Å². The molecule has 1 N–H and O–H groups in total. The van der Waals surface area contributed by atoms with Crippen LogP contribution in [0, 0.1) is 0 Å². The first kappa shape index (κ1) is 19.9. The molecule has 1 aliphatic rings. The van der Waals surface area contributed by atoms with Gasteiger partial charge in [0.15, 0.2) is 0 Å². The van der Waals surface area contributed by atoms with Crippen LogP contribution >= 0.6 is 15.9 Å². The Hall–Kier alpha value is -1.84. The van der Waals surface area contributed by atoms with Crippen LogP contribution in [0.15, 0.2) is 41.1 Å². The second-order valence-electron chi connectivity index (χ2n) is 6.52. The van der Waals surface area contributed by atoms with Crippen LogP contribution in [0.1, 0.15) is 19.3 Å². The molecule has 1 aliphatic heterocycles. The van der Waals surface area contributed by atoms with Crippen molar-refractivity contribution in [3.8, 4) is 0 Å². The summed E-state index contributed by atoms with van der Waals surface area (Å²) < 4.78 is 27.6. The van der Waals surface area contributed by atoms with Crippen LogP contribution in [0.2, 0.25) is 0 Å². The maximum absolute atomic E-state index is 12.9. The van der Waals surface area contributed by atoms with E-state index in [0.717, 1.165) is 14.7 Å². The molecule has 0 aliphatic carbocycles. The van der Waals surface area contributed by atoms with Gasteiger partial charge < -0.3 is 5.32 Å². The third-order valence-corrected chi connectivity index (χ3v) is 5.24. The van der Waals surface area contributed by atoms with E-state index in [1.165, 1.54) is 12.4 Å². The number of alkyl halides is 2. The average Bonchev–Trinajstić information content (AvgIpc) is 3.10. The molecule has 3 rings (SSSR count). The number of aromatic nitrogens is 2. The lowest BCUT2D eigenvalue weighted by molar-refractivity contribution is -0.121. The molecule has 6 nitrogen and oxygen atoms in total. The molecule has 1 amide bonds. The first-order valence-corrected chi connectivity index (χ1v) is 9.56. The van der Waals surface area contributed by atoms with Gasteiger partial charge in [0, 0.05) is 48.7 Å². The summed E-state index contributed by atoms with van der Waals surface area (Å²) in [7, 11) is 0. The van der Waals surface area contributed by atoms with Gasteiger partial charge in [0.1, 0.15) is 5.82 Å². The maximum Gasteiger partial charge on any atom is 0.319 e. The molecule has 1 aromatic carbocycles. The monoisotopic (exact) mass is 441 g/mol. The summed E-state index contributed by atoms with van der Waals surface area (Å²) in [5, 5.41) is 2.93. The van der Waals surface area contributed by atoms with E-state index in [0.29, 0.717) is 38.5 Å². The van der Waals surface area contributed by atoms with E-state index >= 15 is 0 Å². The average molecular weight is 442 g/mol. The van der Waals surface area contributed by atoms with Crippen molar-refractivity contribution in [2.45, 2.75) is 26.1 Å². The summed E-state index contributed by atoms with van der Waals surface area (Å²) in [6.07, 6.45) is 2.69. The van der Waals surface area contributed by atoms with E-state index in [2.05, 4.69) is 36.0 Å². The third kappa shape index (κ3) is 5.12. The Morgan fingerprint density at radius 1 is 1.30 bits per heavy atom. The van der Waals surface area contributed by atoms with Crippen molar-refractivity contribution in [2.24, 2.45) is 0 Å². The highest BCUT2D eigenvalue weighted by Crippen LogP contribution is 2.18. The summed E-state index contributed by atoms with van der Waals surface area (Å²) in [6, 6.07) is 7.20. The molecule has 0 bridgehead atoms. The van der Waals surface area contributed by atoms with E-state index in [1.54, 1.807) is 0 Å². The number of halogens is 3. The van der Waals surface area contributed by atoms with Gasteiger partial charge in [-0.25, -0.2) is 4.98 Å². The van der Waals surface area contributed by atoms with Crippen LogP contribution in [0.25, 0.3) is 0 Å². The van der Waals surface area contributed by atoms with Gasteiger partial charge >= 0.3 is 6.55 Å². The van der Waals surface area contributed by atoms with Crippen LogP contribution in [0.4, 0.5) is 14.5 Å². The number of carbonyl (C=O) groups is 1. The number of benzene rings is 1. The van der Waals surface area contributed by atoms with Crippen LogP contribution in [0.3, 0.4) is 0 Å². The zero-order valence-corrected chi connectivity index (χ0v) is 16.6. The number of anilines is 1. The second kappa shape index (κ2) is 8.90. The van der Waals surface area contributed by atoms with Gasteiger partial charge in [-0.05, 0) is 25.1 Å². The highest BCUT2D eigenvalue weighted by atomic mass is 79.9. The Bertz CT molecular complexity index is 777. The SMILES string of the molecule is CC(C(=O)Nc1cccc(Br)c1)N1CCN(Cc2nccn2C(F)F)CC1. The minimum absolute atomic E-state index is 0.0604. The third-order valence-electron chi connectivity index (χ3n) is 4.75. The largest absolute Gasteiger partial charge is 0.325 e. The number of piperazine rings is 1. The maximum atomic E-state index is 12.9. The molecule has 1 aromatic heterocycles. The quantitative estimate of drug-likeness (QED) is 0.747. The van der Waals surface area contributed by atoms with Crippen LogP contribution in [-0.2, 0) is 11.3 Å². The van der Waals surface area contributed by atoms with Crippen molar-refractivity contribution >= 4 is 27.5 Å². The fourth-order valence-corrected chi connectivity index (χ4v) is 3.53. The van der Waals surface area contributed by atoms with Crippen LogP contribution in [0.5, 0.6) is 0 Å². The van der Waals surface area contributed by atoms with Gasteiger partial charge in [0.2, 0.25) is 5.91 Å². The number of hydrogen-bond acceptors (Lipinski definition) is 4. The van der Waals surface area contributed by atoms with Gasteiger partial charge in [-0.2, -0.15) is 8.78 Å². The fraction of sp³-hybridized carbons (Fsp3) is 0.444. The molecule has 1 saturated heterocycles. The predicted molar refractivity (Wildman–Crippen MR) is 103 cm³/mol. The van der Waals surface area contributed by atoms with Crippen LogP contribution < -0.4 is 5.32 Å². The summed E-state index contributed by atoms with van der Waals surface area (Å²) in [5.41, 5.74) is 0.749. The Morgan fingerprint density at radius 2 is 2.04 bits per heavy atom. The number of hydrogen-bond donors (Lipinski definition) is 1. The smallest absolute Gasteiger partial charge is 0.319 e. The number of amides is 1. The summed E-state index contributed by atoms with van der Waals surface area (Å²) in [5.74, 6) is 0.300. The van der Waals surface area contributed by atoms with Gasteiger partial charge in [0.25, 0.3) is 0 Å². The Kier molecular flexibility index (Phi) is 6.56. The molecule has 2 aromatic rings. The molecule has 1 unspecified atom stereocenters. The molecule has 1 atom stereocenters. The van der Waals surface area contributed by atoms with Crippen molar-refractivity contribution in [3.63, 3.8) is 0 Å². The first-order chi connectivity index (χ1) is 12.9. The van der Waals surface area contributed by atoms with E-state index in [1.807, 2.05) is 31.2 Å². The number of rotatable bonds is 6. The summed E-state index contributed by atoms with van der Waals surface area (Å²) >= 11 is 3.39. The minimum Gasteiger partial charge on any atom is -0.325 e. The van der Waals surface area contributed by atoms with Gasteiger partial charge in [-0.3, -0.25) is 19.2 Å². The molecule has 2 heterocycles. The first-order valence-electron chi connectivity index (χ1n) is 8.76. The van der Waals surface area contributed by atoms with Crippen molar-refractivity contribution < 1.29 is 13.6 Å². The zero-order chi connectivity index (χ0) is 19.4. The van der Waals surface area contributed by atoms with E-state index < -0.39 is 6.55 Å². The molecular weight excluding hydrogens is 420 g/mol. The number of carbonyl (C=O) groups excluding carboxylic acids is 1. The van der Waals surface area contributed by atoms with Crippen LogP contribution in [-0.4, -0.2) is 57.5 Å². The molecule has 0 spiro atoms. The molecular formula is C18H22BrF2N5O. The van der Waals surface area contributed by atoms with Crippen molar-refractivity contribution in [1.82, 2.24) is 19.4 Å². The Labute approximate surface area is 165 Å². The van der Waals surface area contributed by atoms with E-state index in [9.17, 15) is 13.6 Å². The lowest BCUT2D eigenvalue weighted by atomic mass is 10.2. The zero-order valence-electron chi connectivity index (χ0n) is 15.0. The molecule has 146 valence electrons. The number of nitrogens with zero attached hydrogens (tertiary/aromatic N) is 4. The topological polar surface area (TPSA) is 53.4 Å². The van der Waals surface area contributed by atoms with Gasteiger partial charge in [-0.1, -0.05) is 22.0 Å². The molecule has 0 radical (unpaired) electrons. The Morgan fingerprint density at radius 3 is 2.70 bits per heavy atom. The van der Waals surface area contributed by atoms with Crippen molar-refractivity contribution in [2.75, 3.05) is 31.5 Å². The van der Waals surface area contributed by atoms with Gasteiger partial charge in [-0.15, -0.1) is 0 Å². The predicted octanol–water partition coefficient (Wildman–Crippen LogP) is 3.19.